The molecule has 0 unspecified atom stereocenters. The number of carbonyl (C=O) groups excluding carboxylic acids is 3. The average molecular weight is 190 g/mol. The average Bonchev–Trinajstić information content (AvgIpc) is 2.16. The second-order valence-corrected chi connectivity index (χ2v) is 3.02. The van der Waals surface area contributed by atoms with Crippen molar-refractivity contribution >= 4 is 17.3 Å². The summed E-state index contributed by atoms with van der Waals surface area (Å²) in [5, 5.41) is 0. The molecular weight excluding hydrogens is 180 g/mol. The zero-order valence-corrected chi connectivity index (χ0v) is 8.03. The van der Waals surface area contributed by atoms with E-state index in [0.29, 0.717) is 11.1 Å². The third-order valence-corrected chi connectivity index (χ3v) is 1.87. The van der Waals surface area contributed by atoms with Crippen molar-refractivity contribution in [1.29, 1.82) is 0 Å². The lowest BCUT2D eigenvalue weighted by Gasteiger charge is -1.98. The highest BCUT2D eigenvalue weighted by molar-refractivity contribution is 6.42. The van der Waals surface area contributed by atoms with Gasteiger partial charge in [-0.2, -0.15) is 0 Å². The van der Waals surface area contributed by atoms with Crippen LogP contribution in [0, 0.1) is 0 Å². The largest absolute Gasteiger partial charge is 0.295 e. The van der Waals surface area contributed by atoms with Crippen molar-refractivity contribution in [3.05, 3.63) is 35.4 Å². The Bertz CT molecular complexity index is 387. The Kier molecular flexibility index (Phi) is 2.92. The smallest absolute Gasteiger partial charge is 0.228 e. The molecule has 0 saturated carbocycles. The maximum absolute atomic E-state index is 11.2. The fourth-order valence-electron chi connectivity index (χ4n) is 1.06. The Morgan fingerprint density at radius 1 is 0.857 bits per heavy atom. The van der Waals surface area contributed by atoms with E-state index in [2.05, 4.69) is 0 Å². The SMILES string of the molecule is CC(=O)C(=O)c1ccc(C(C)=O)cc1. The second kappa shape index (κ2) is 3.96. The van der Waals surface area contributed by atoms with Gasteiger partial charge in [-0.25, -0.2) is 0 Å². The van der Waals surface area contributed by atoms with E-state index in [0.717, 1.165) is 0 Å². The highest BCUT2D eigenvalue weighted by Crippen LogP contribution is 2.06. The molecule has 0 aliphatic heterocycles. The molecule has 14 heavy (non-hydrogen) atoms. The Morgan fingerprint density at radius 2 is 1.29 bits per heavy atom. The van der Waals surface area contributed by atoms with Crippen LogP contribution in [-0.2, 0) is 4.79 Å². The Hall–Kier alpha value is -1.77. The summed E-state index contributed by atoms with van der Waals surface area (Å²) in [7, 11) is 0. The molecule has 1 aromatic carbocycles. The highest BCUT2D eigenvalue weighted by atomic mass is 16.2. The van der Waals surface area contributed by atoms with E-state index in [1.54, 1.807) is 12.1 Å². The molecule has 3 heteroatoms. The van der Waals surface area contributed by atoms with Gasteiger partial charge < -0.3 is 0 Å². The molecule has 0 N–H and O–H groups in total. The molecule has 0 heterocycles. The minimum atomic E-state index is -0.528. The first-order valence-electron chi connectivity index (χ1n) is 4.18. The van der Waals surface area contributed by atoms with E-state index in [1.807, 2.05) is 0 Å². The minimum absolute atomic E-state index is 0.0631. The monoisotopic (exact) mass is 190 g/mol. The third-order valence-electron chi connectivity index (χ3n) is 1.87. The normalized spacial score (nSPS) is 9.57. The lowest BCUT2D eigenvalue weighted by atomic mass is 10.0. The van der Waals surface area contributed by atoms with Crippen LogP contribution in [0.3, 0.4) is 0 Å². The van der Waals surface area contributed by atoms with Crippen LogP contribution >= 0.6 is 0 Å². The molecule has 0 radical (unpaired) electrons. The maximum atomic E-state index is 11.2. The van der Waals surface area contributed by atoms with Gasteiger partial charge in [-0.15, -0.1) is 0 Å². The summed E-state index contributed by atoms with van der Waals surface area (Å²) in [6.07, 6.45) is 0. The zero-order valence-electron chi connectivity index (χ0n) is 8.03. The quantitative estimate of drug-likeness (QED) is 0.538. The summed E-state index contributed by atoms with van der Waals surface area (Å²) in [4.78, 5) is 32.8. The molecule has 0 aliphatic carbocycles. The van der Waals surface area contributed by atoms with Crippen molar-refractivity contribution in [2.24, 2.45) is 0 Å². The standard InChI is InChI=1S/C11H10O3/c1-7(12)9-3-5-10(6-4-9)11(14)8(2)13/h3-6H,1-2H3. The first-order chi connectivity index (χ1) is 6.52. The molecule has 3 nitrogen and oxygen atoms in total. The van der Waals surface area contributed by atoms with Crippen molar-refractivity contribution in [2.75, 3.05) is 0 Å². The van der Waals surface area contributed by atoms with Crippen molar-refractivity contribution in [2.45, 2.75) is 13.8 Å². The van der Waals surface area contributed by atoms with Crippen LogP contribution < -0.4 is 0 Å². The van der Waals surface area contributed by atoms with Gasteiger partial charge >= 0.3 is 0 Å². The molecule has 1 aromatic rings. The van der Waals surface area contributed by atoms with Crippen LogP contribution in [0.1, 0.15) is 34.6 Å². The summed E-state index contributed by atoms with van der Waals surface area (Å²) in [5.41, 5.74) is 0.854. The lowest BCUT2D eigenvalue weighted by Crippen LogP contribution is -2.09. The summed E-state index contributed by atoms with van der Waals surface area (Å²) in [6.45, 7) is 2.67. The van der Waals surface area contributed by atoms with Crippen LogP contribution in [0.25, 0.3) is 0 Å². The maximum Gasteiger partial charge on any atom is 0.228 e. The Labute approximate surface area is 81.7 Å². The fraction of sp³-hybridized carbons (Fsp3) is 0.182. The van der Waals surface area contributed by atoms with Gasteiger partial charge in [-0.1, -0.05) is 24.3 Å². The van der Waals surface area contributed by atoms with E-state index < -0.39 is 11.6 Å². The summed E-state index contributed by atoms with van der Waals surface area (Å²) in [5.74, 6) is -1.09. The first-order valence-corrected chi connectivity index (χ1v) is 4.18. The summed E-state index contributed by atoms with van der Waals surface area (Å²) < 4.78 is 0. The molecule has 0 aromatic heterocycles. The van der Waals surface area contributed by atoms with Gasteiger partial charge in [0.1, 0.15) is 0 Å². The molecule has 0 atom stereocenters. The van der Waals surface area contributed by atoms with Crippen molar-refractivity contribution < 1.29 is 14.4 Å². The van der Waals surface area contributed by atoms with E-state index in [1.165, 1.54) is 26.0 Å². The molecule has 0 spiro atoms. The lowest BCUT2D eigenvalue weighted by molar-refractivity contribution is -0.113. The molecule has 0 saturated heterocycles. The van der Waals surface area contributed by atoms with Crippen LogP contribution in [0.4, 0.5) is 0 Å². The molecule has 72 valence electrons. The van der Waals surface area contributed by atoms with Gasteiger partial charge in [0.15, 0.2) is 11.6 Å². The third kappa shape index (κ3) is 2.13. The van der Waals surface area contributed by atoms with Gasteiger partial charge in [-0.05, 0) is 6.92 Å². The van der Waals surface area contributed by atoms with Crippen molar-refractivity contribution in [3.8, 4) is 0 Å². The molecule has 0 fully saturated rings. The fourth-order valence-corrected chi connectivity index (χ4v) is 1.06. The number of hydrogen-bond donors (Lipinski definition) is 0. The Balaban J connectivity index is 3.00. The van der Waals surface area contributed by atoms with E-state index in [9.17, 15) is 14.4 Å². The molecule has 0 aliphatic rings. The summed E-state index contributed by atoms with van der Waals surface area (Å²) in [6, 6.07) is 6.05. The summed E-state index contributed by atoms with van der Waals surface area (Å²) >= 11 is 0. The van der Waals surface area contributed by atoms with E-state index in [4.69, 9.17) is 0 Å². The van der Waals surface area contributed by atoms with Gasteiger partial charge in [-0.3, -0.25) is 14.4 Å². The minimum Gasteiger partial charge on any atom is -0.295 e. The van der Waals surface area contributed by atoms with Gasteiger partial charge in [0, 0.05) is 18.1 Å². The predicted molar refractivity (Wildman–Crippen MR) is 51.5 cm³/mol. The van der Waals surface area contributed by atoms with Gasteiger partial charge in [0.2, 0.25) is 5.78 Å². The van der Waals surface area contributed by atoms with E-state index in [-0.39, 0.29) is 5.78 Å². The molecular formula is C11H10O3. The highest BCUT2D eigenvalue weighted by Gasteiger charge is 2.10. The first kappa shape index (κ1) is 10.3. The number of Topliss-reactive ketones (excluding diaryl/α,β-unsaturated/α-hetero) is 3. The number of hydrogen-bond acceptors (Lipinski definition) is 3. The van der Waals surface area contributed by atoms with Gasteiger partial charge in [0.05, 0.1) is 0 Å². The van der Waals surface area contributed by atoms with Crippen LogP contribution in [0.2, 0.25) is 0 Å². The number of ketones is 3. The van der Waals surface area contributed by atoms with E-state index >= 15 is 0 Å². The molecule has 0 amide bonds. The van der Waals surface area contributed by atoms with Crippen LogP contribution in [-0.4, -0.2) is 17.3 Å². The van der Waals surface area contributed by atoms with Gasteiger partial charge in [0.25, 0.3) is 0 Å². The van der Waals surface area contributed by atoms with Crippen LogP contribution in [0.15, 0.2) is 24.3 Å². The predicted octanol–water partition coefficient (Wildman–Crippen LogP) is 1.66. The second-order valence-electron chi connectivity index (χ2n) is 3.02. The molecule has 0 bridgehead atoms. The number of rotatable bonds is 3. The number of benzene rings is 1. The van der Waals surface area contributed by atoms with Crippen molar-refractivity contribution in [1.82, 2.24) is 0 Å². The zero-order chi connectivity index (χ0) is 10.7. The topological polar surface area (TPSA) is 51.2 Å². The number of carbonyl (C=O) groups is 3. The molecule has 1 rings (SSSR count). The van der Waals surface area contributed by atoms with Crippen molar-refractivity contribution in [3.63, 3.8) is 0 Å². The van der Waals surface area contributed by atoms with Crippen LogP contribution in [0.5, 0.6) is 0 Å². The Morgan fingerprint density at radius 3 is 1.64 bits per heavy atom.